The second kappa shape index (κ2) is 6.38. The first kappa shape index (κ1) is 14.5. The van der Waals surface area contributed by atoms with Gasteiger partial charge in [-0.2, -0.15) is 5.26 Å². The van der Waals surface area contributed by atoms with Crippen molar-refractivity contribution < 1.29 is 8.42 Å². The highest BCUT2D eigenvalue weighted by Gasteiger charge is 2.19. The fraction of sp³-hybridized carbons (Fsp3) is 0.417. The van der Waals surface area contributed by atoms with E-state index in [0.29, 0.717) is 12.2 Å². The van der Waals surface area contributed by atoms with Crippen LogP contribution in [0, 0.1) is 11.3 Å². The van der Waals surface area contributed by atoms with E-state index in [9.17, 15) is 8.42 Å². The summed E-state index contributed by atoms with van der Waals surface area (Å²) in [5.74, 6) is 0. The summed E-state index contributed by atoms with van der Waals surface area (Å²) in [6.07, 6.45) is 0. The number of hydrogen-bond donors (Lipinski definition) is 2. The van der Waals surface area contributed by atoms with Gasteiger partial charge in [-0.15, -0.1) is 0 Å². The van der Waals surface area contributed by atoms with Gasteiger partial charge in [0.05, 0.1) is 6.07 Å². The van der Waals surface area contributed by atoms with Gasteiger partial charge in [-0.05, 0) is 31.2 Å². The molecule has 98 valence electrons. The zero-order chi connectivity index (χ0) is 13.6. The highest BCUT2D eigenvalue weighted by atomic mass is 32.2. The van der Waals surface area contributed by atoms with Crippen molar-refractivity contribution in [3.63, 3.8) is 0 Å². The number of benzene rings is 1. The molecular weight excluding hydrogens is 250 g/mol. The summed E-state index contributed by atoms with van der Waals surface area (Å²) in [5, 5.41) is 10.7. The summed E-state index contributed by atoms with van der Waals surface area (Å²) in [5.41, 5.74) is 1.47. The van der Waals surface area contributed by atoms with Gasteiger partial charge in [-0.25, -0.2) is 8.42 Å². The molecule has 1 atom stereocenters. The van der Waals surface area contributed by atoms with E-state index in [1.54, 1.807) is 24.3 Å². The molecule has 0 spiro atoms. The molecule has 1 aromatic carbocycles. The van der Waals surface area contributed by atoms with Crippen molar-refractivity contribution in [1.82, 2.24) is 5.32 Å². The van der Waals surface area contributed by atoms with E-state index in [4.69, 9.17) is 5.26 Å². The maximum Gasteiger partial charge on any atom is 0.248 e. The average molecular weight is 267 g/mol. The Kier molecular flexibility index (Phi) is 5.13. The second-order valence-electron chi connectivity index (χ2n) is 3.90. The zero-order valence-corrected chi connectivity index (χ0v) is 11.3. The molecule has 0 aromatic heterocycles. The van der Waals surface area contributed by atoms with Crippen LogP contribution in [0.4, 0.5) is 5.69 Å². The van der Waals surface area contributed by atoms with E-state index in [0.717, 1.165) is 12.1 Å². The third kappa shape index (κ3) is 4.02. The Morgan fingerprint density at radius 2 is 2.17 bits per heavy atom. The first-order valence-electron chi connectivity index (χ1n) is 5.70. The Labute approximate surface area is 108 Å². The number of nitrogens with zero attached hydrogens (tertiary/aromatic N) is 1. The van der Waals surface area contributed by atoms with Crippen LogP contribution in [-0.4, -0.2) is 20.2 Å². The number of sulfonamides is 1. The van der Waals surface area contributed by atoms with Gasteiger partial charge in [-0.1, -0.05) is 19.1 Å². The summed E-state index contributed by atoms with van der Waals surface area (Å²) in [6.45, 7) is 4.88. The molecule has 0 aliphatic carbocycles. The minimum absolute atomic E-state index is 0.479. The third-order valence-corrected chi connectivity index (χ3v) is 3.97. The Bertz CT molecular complexity index is 534. The van der Waals surface area contributed by atoms with Crippen LogP contribution in [-0.2, 0) is 16.6 Å². The Hall–Kier alpha value is -1.58. The number of nitriles is 1. The van der Waals surface area contributed by atoms with Crippen LogP contribution < -0.4 is 10.0 Å². The lowest BCUT2D eigenvalue weighted by molar-refractivity contribution is 0.597. The van der Waals surface area contributed by atoms with Crippen LogP contribution in [0.15, 0.2) is 24.3 Å². The lowest BCUT2D eigenvalue weighted by atomic mass is 10.2. The van der Waals surface area contributed by atoms with Gasteiger partial charge in [0.25, 0.3) is 0 Å². The number of anilines is 1. The molecule has 0 aliphatic heterocycles. The lowest BCUT2D eigenvalue weighted by Crippen LogP contribution is -2.23. The summed E-state index contributed by atoms with van der Waals surface area (Å²) in [6, 6.07) is 8.82. The van der Waals surface area contributed by atoms with E-state index in [-0.39, 0.29) is 0 Å². The molecule has 5 nitrogen and oxygen atoms in total. The minimum Gasteiger partial charge on any atom is -0.313 e. The molecule has 0 amide bonds. The van der Waals surface area contributed by atoms with Crippen LogP contribution >= 0.6 is 0 Å². The van der Waals surface area contributed by atoms with E-state index in [2.05, 4.69) is 10.0 Å². The average Bonchev–Trinajstić information content (AvgIpc) is 2.35. The topological polar surface area (TPSA) is 82.0 Å². The van der Waals surface area contributed by atoms with E-state index in [1.807, 2.05) is 13.0 Å². The van der Waals surface area contributed by atoms with Crippen molar-refractivity contribution >= 4 is 15.7 Å². The predicted octanol–water partition coefficient (Wildman–Crippen LogP) is 1.45. The first-order chi connectivity index (χ1) is 8.49. The first-order valence-corrected chi connectivity index (χ1v) is 7.25. The Morgan fingerprint density at radius 3 is 2.78 bits per heavy atom. The summed E-state index contributed by atoms with van der Waals surface area (Å²) in [4.78, 5) is 0. The molecule has 0 heterocycles. The van der Waals surface area contributed by atoms with E-state index >= 15 is 0 Å². The third-order valence-electron chi connectivity index (χ3n) is 2.41. The monoisotopic (exact) mass is 267 g/mol. The molecule has 0 aliphatic rings. The number of rotatable bonds is 6. The van der Waals surface area contributed by atoms with Gasteiger partial charge >= 0.3 is 0 Å². The summed E-state index contributed by atoms with van der Waals surface area (Å²) >= 11 is 0. The number of nitrogens with one attached hydrogen (secondary N) is 2. The van der Waals surface area contributed by atoms with Crippen molar-refractivity contribution in [3.05, 3.63) is 29.8 Å². The van der Waals surface area contributed by atoms with Crippen molar-refractivity contribution in [2.75, 3.05) is 11.3 Å². The molecule has 18 heavy (non-hydrogen) atoms. The van der Waals surface area contributed by atoms with Crippen molar-refractivity contribution in [2.24, 2.45) is 0 Å². The highest BCUT2D eigenvalue weighted by Crippen LogP contribution is 2.14. The van der Waals surface area contributed by atoms with Crippen molar-refractivity contribution in [2.45, 2.75) is 25.6 Å². The quantitative estimate of drug-likeness (QED) is 0.817. The normalized spacial score (nSPS) is 12.7. The largest absolute Gasteiger partial charge is 0.313 e. The Balaban J connectivity index is 2.83. The number of hydrogen-bond acceptors (Lipinski definition) is 4. The zero-order valence-electron chi connectivity index (χ0n) is 10.5. The fourth-order valence-corrected chi connectivity index (χ4v) is 2.11. The van der Waals surface area contributed by atoms with Crippen LogP contribution in [0.1, 0.15) is 19.4 Å². The molecule has 1 rings (SSSR count). The molecule has 0 bridgehead atoms. The van der Waals surface area contributed by atoms with Crippen LogP contribution in [0.2, 0.25) is 0 Å². The maximum absolute atomic E-state index is 11.7. The maximum atomic E-state index is 11.7. The molecule has 1 unspecified atom stereocenters. The van der Waals surface area contributed by atoms with Crippen LogP contribution in [0.3, 0.4) is 0 Å². The standard InChI is InChI=1S/C12H17N3O2S/c1-3-14-9-11-5-4-6-12(7-11)15-18(16,17)10(2)8-13/h4-7,10,14-15H,3,9H2,1-2H3. The van der Waals surface area contributed by atoms with Crippen LogP contribution in [0.25, 0.3) is 0 Å². The molecule has 1 aromatic rings. The minimum atomic E-state index is -3.63. The molecule has 2 N–H and O–H groups in total. The molecule has 0 saturated heterocycles. The summed E-state index contributed by atoms with van der Waals surface area (Å²) in [7, 11) is -3.63. The van der Waals surface area contributed by atoms with Gasteiger partial charge in [-0.3, -0.25) is 4.72 Å². The van der Waals surface area contributed by atoms with E-state index in [1.165, 1.54) is 6.92 Å². The fourth-order valence-electron chi connectivity index (χ4n) is 1.34. The van der Waals surface area contributed by atoms with E-state index < -0.39 is 15.3 Å². The Morgan fingerprint density at radius 1 is 1.44 bits per heavy atom. The predicted molar refractivity (Wildman–Crippen MR) is 71.4 cm³/mol. The lowest BCUT2D eigenvalue weighted by Gasteiger charge is -2.10. The van der Waals surface area contributed by atoms with Crippen molar-refractivity contribution in [3.8, 4) is 6.07 Å². The highest BCUT2D eigenvalue weighted by molar-refractivity contribution is 7.93. The second-order valence-corrected chi connectivity index (χ2v) is 5.90. The van der Waals surface area contributed by atoms with Gasteiger partial charge in [0, 0.05) is 12.2 Å². The summed E-state index contributed by atoms with van der Waals surface area (Å²) < 4.78 is 25.8. The molecule has 0 fully saturated rings. The SMILES string of the molecule is CCNCc1cccc(NS(=O)(=O)C(C)C#N)c1. The van der Waals surface area contributed by atoms with Crippen molar-refractivity contribution in [1.29, 1.82) is 5.26 Å². The molecule has 0 saturated carbocycles. The van der Waals surface area contributed by atoms with Gasteiger partial charge in [0.15, 0.2) is 5.25 Å². The van der Waals surface area contributed by atoms with Gasteiger partial charge < -0.3 is 5.32 Å². The molecule has 6 heteroatoms. The smallest absolute Gasteiger partial charge is 0.248 e. The van der Waals surface area contributed by atoms with Gasteiger partial charge in [0.2, 0.25) is 10.0 Å². The van der Waals surface area contributed by atoms with Gasteiger partial charge in [0.1, 0.15) is 0 Å². The molecular formula is C12H17N3O2S. The van der Waals surface area contributed by atoms with Crippen LogP contribution in [0.5, 0.6) is 0 Å². The molecule has 0 radical (unpaired) electrons.